The molecule has 25 heavy (non-hydrogen) atoms. The summed E-state index contributed by atoms with van der Waals surface area (Å²) >= 11 is 7.59. The molecule has 1 fully saturated rings. The minimum Gasteiger partial charge on any atom is -0.355 e. The summed E-state index contributed by atoms with van der Waals surface area (Å²) in [4.78, 5) is 28.9. The van der Waals surface area contributed by atoms with Gasteiger partial charge in [0.25, 0.3) is 0 Å². The molecule has 1 aliphatic rings. The highest BCUT2D eigenvalue weighted by Gasteiger charge is 2.38. The molecule has 0 aliphatic heterocycles. The lowest BCUT2D eigenvalue weighted by Crippen LogP contribution is -2.29. The van der Waals surface area contributed by atoms with Crippen LogP contribution in [-0.2, 0) is 16.0 Å². The topological polar surface area (TPSA) is 71.1 Å². The minimum absolute atomic E-state index is 0.0524. The smallest absolute Gasteiger partial charge is 0.227 e. The minimum atomic E-state index is -0.150. The van der Waals surface area contributed by atoms with E-state index in [4.69, 9.17) is 11.6 Å². The number of thiazole rings is 1. The first-order valence-corrected chi connectivity index (χ1v) is 9.48. The lowest BCUT2D eigenvalue weighted by molar-refractivity contribution is -0.122. The molecule has 0 radical (unpaired) electrons. The molecule has 1 heterocycles. The van der Waals surface area contributed by atoms with Gasteiger partial charge in [0.15, 0.2) is 5.13 Å². The van der Waals surface area contributed by atoms with E-state index in [1.807, 2.05) is 24.3 Å². The molecule has 2 N–H and O–H groups in total. The Bertz CT molecular complexity index is 777. The maximum atomic E-state index is 11.9. The Kier molecular flexibility index (Phi) is 5.71. The van der Waals surface area contributed by atoms with Gasteiger partial charge in [-0.25, -0.2) is 4.98 Å². The summed E-state index contributed by atoms with van der Waals surface area (Å²) in [6.07, 6.45) is 3.63. The van der Waals surface area contributed by atoms with Crippen molar-refractivity contribution in [2.75, 3.05) is 11.9 Å². The van der Waals surface area contributed by atoms with Gasteiger partial charge in [-0.05, 0) is 24.0 Å². The van der Waals surface area contributed by atoms with Gasteiger partial charge >= 0.3 is 0 Å². The van der Waals surface area contributed by atoms with Gasteiger partial charge in [-0.3, -0.25) is 9.59 Å². The highest BCUT2D eigenvalue weighted by Crippen LogP contribution is 2.37. The number of nitrogens with one attached hydrogen (secondary N) is 2. The van der Waals surface area contributed by atoms with Crippen LogP contribution < -0.4 is 10.6 Å². The first-order chi connectivity index (χ1) is 12.0. The number of carbonyl (C=O) groups excluding carboxylic acids is 2. The van der Waals surface area contributed by atoms with Crippen molar-refractivity contribution in [3.8, 4) is 0 Å². The third-order valence-corrected chi connectivity index (χ3v) is 5.50. The molecule has 0 bridgehead atoms. The molecule has 2 amide bonds. The largest absolute Gasteiger partial charge is 0.355 e. The van der Waals surface area contributed by atoms with Gasteiger partial charge in [-0.1, -0.05) is 36.7 Å². The molecule has 132 valence electrons. The predicted molar refractivity (Wildman–Crippen MR) is 99.9 cm³/mol. The molecular formula is C18H20ClN3O2S. The van der Waals surface area contributed by atoms with E-state index in [1.165, 1.54) is 11.3 Å². The molecule has 1 saturated carbocycles. The van der Waals surface area contributed by atoms with E-state index in [1.54, 1.807) is 6.20 Å². The summed E-state index contributed by atoms with van der Waals surface area (Å²) in [6.45, 7) is 2.41. The van der Waals surface area contributed by atoms with E-state index >= 15 is 0 Å². The van der Waals surface area contributed by atoms with Crippen molar-refractivity contribution in [1.82, 2.24) is 10.3 Å². The average molecular weight is 378 g/mol. The average Bonchev–Trinajstić information content (AvgIpc) is 3.15. The Hall–Kier alpha value is -1.92. The second-order valence-electron chi connectivity index (χ2n) is 6.31. The molecule has 2 unspecified atom stereocenters. The fraction of sp³-hybridized carbons (Fsp3) is 0.389. The van der Waals surface area contributed by atoms with Crippen molar-refractivity contribution in [2.45, 2.75) is 26.2 Å². The standard InChI is InChI=1S/C18H20ClN3O2S/c1-11-8-14(11)17(24)20-7-6-16(23)22-18-21-10-13(25-18)9-12-4-2-3-5-15(12)19/h2-5,10-11,14H,6-9H2,1H3,(H,20,24)(H,21,22,23). The highest BCUT2D eigenvalue weighted by molar-refractivity contribution is 7.15. The molecule has 7 heteroatoms. The SMILES string of the molecule is CC1CC1C(=O)NCCC(=O)Nc1ncc(Cc2ccccc2Cl)s1. The van der Waals surface area contributed by atoms with Gasteiger partial charge in [0.2, 0.25) is 11.8 Å². The van der Waals surface area contributed by atoms with Crippen molar-refractivity contribution in [3.05, 3.63) is 45.9 Å². The van der Waals surface area contributed by atoms with Crippen LogP contribution in [0.15, 0.2) is 30.5 Å². The summed E-state index contributed by atoms with van der Waals surface area (Å²) in [6, 6.07) is 7.68. The van der Waals surface area contributed by atoms with Crippen LogP contribution in [0.2, 0.25) is 5.02 Å². The van der Waals surface area contributed by atoms with Crippen LogP contribution in [0.5, 0.6) is 0 Å². The van der Waals surface area contributed by atoms with Gasteiger partial charge in [-0.15, -0.1) is 11.3 Å². The van der Waals surface area contributed by atoms with Crippen molar-refractivity contribution in [2.24, 2.45) is 11.8 Å². The number of aromatic nitrogens is 1. The number of anilines is 1. The molecule has 1 aromatic carbocycles. The van der Waals surface area contributed by atoms with E-state index in [-0.39, 0.29) is 24.2 Å². The van der Waals surface area contributed by atoms with E-state index in [0.717, 1.165) is 21.9 Å². The molecular weight excluding hydrogens is 358 g/mol. The van der Waals surface area contributed by atoms with Gasteiger partial charge < -0.3 is 10.6 Å². The van der Waals surface area contributed by atoms with Crippen LogP contribution in [0, 0.1) is 11.8 Å². The summed E-state index contributed by atoms with van der Waals surface area (Å²) in [5.74, 6) is 0.509. The number of hydrogen-bond donors (Lipinski definition) is 2. The van der Waals surface area contributed by atoms with Gasteiger partial charge in [0.05, 0.1) is 0 Å². The summed E-state index contributed by atoms with van der Waals surface area (Å²) in [5.41, 5.74) is 1.03. The number of halogens is 1. The van der Waals surface area contributed by atoms with Crippen molar-refractivity contribution >= 4 is 39.9 Å². The first kappa shape index (κ1) is 17.9. The third-order valence-electron chi connectivity index (χ3n) is 4.22. The zero-order chi connectivity index (χ0) is 17.8. The van der Waals surface area contributed by atoms with Crippen LogP contribution in [0.1, 0.15) is 30.2 Å². The molecule has 1 aromatic heterocycles. The first-order valence-electron chi connectivity index (χ1n) is 8.28. The normalized spacial score (nSPS) is 18.6. The zero-order valence-electron chi connectivity index (χ0n) is 13.9. The third kappa shape index (κ3) is 5.03. The highest BCUT2D eigenvalue weighted by atomic mass is 35.5. The van der Waals surface area contributed by atoms with Crippen LogP contribution in [0.3, 0.4) is 0 Å². The Balaban J connectivity index is 1.44. The van der Waals surface area contributed by atoms with Gasteiger partial charge in [0, 0.05) is 41.4 Å². The summed E-state index contributed by atoms with van der Waals surface area (Å²) in [7, 11) is 0. The molecule has 0 saturated heterocycles. The number of rotatable bonds is 7. The second-order valence-corrected chi connectivity index (χ2v) is 7.83. The Morgan fingerprint density at radius 3 is 2.84 bits per heavy atom. The fourth-order valence-corrected chi connectivity index (χ4v) is 3.63. The van der Waals surface area contributed by atoms with Crippen molar-refractivity contribution in [3.63, 3.8) is 0 Å². The van der Waals surface area contributed by atoms with Gasteiger partial charge in [0.1, 0.15) is 0 Å². The van der Waals surface area contributed by atoms with Crippen LogP contribution in [0.25, 0.3) is 0 Å². The van der Waals surface area contributed by atoms with E-state index in [9.17, 15) is 9.59 Å². The maximum absolute atomic E-state index is 11.9. The molecule has 2 atom stereocenters. The fourth-order valence-electron chi connectivity index (χ4n) is 2.58. The monoisotopic (exact) mass is 377 g/mol. The Morgan fingerprint density at radius 1 is 1.36 bits per heavy atom. The van der Waals surface area contributed by atoms with Crippen molar-refractivity contribution in [1.29, 1.82) is 0 Å². The maximum Gasteiger partial charge on any atom is 0.227 e. The number of nitrogens with zero attached hydrogens (tertiary/aromatic N) is 1. The van der Waals surface area contributed by atoms with E-state index in [2.05, 4.69) is 22.5 Å². The summed E-state index contributed by atoms with van der Waals surface area (Å²) in [5, 5.41) is 6.87. The lowest BCUT2D eigenvalue weighted by Gasteiger charge is -2.04. The Labute approximate surface area is 155 Å². The number of amides is 2. The number of carbonyl (C=O) groups is 2. The van der Waals surface area contributed by atoms with Crippen LogP contribution in [0.4, 0.5) is 5.13 Å². The quantitative estimate of drug-likeness (QED) is 0.775. The second kappa shape index (κ2) is 7.97. The van der Waals surface area contributed by atoms with E-state index in [0.29, 0.717) is 24.0 Å². The van der Waals surface area contributed by atoms with Gasteiger partial charge in [-0.2, -0.15) is 0 Å². The number of hydrogen-bond acceptors (Lipinski definition) is 4. The van der Waals surface area contributed by atoms with Crippen LogP contribution >= 0.6 is 22.9 Å². The molecule has 3 rings (SSSR count). The zero-order valence-corrected chi connectivity index (χ0v) is 15.5. The van der Waals surface area contributed by atoms with Crippen molar-refractivity contribution < 1.29 is 9.59 Å². The molecule has 0 spiro atoms. The molecule has 5 nitrogen and oxygen atoms in total. The summed E-state index contributed by atoms with van der Waals surface area (Å²) < 4.78 is 0. The van der Waals surface area contributed by atoms with E-state index < -0.39 is 0 Å². The lowest BCUT2D eigenvalue weighted by atomic mass is 10.1. The molecule has 2 aromatic rings. The number of benzene rings is 1. The Morgan fingerprint density at radius 2 is 2.12 bits per heavy atom. The molecule has 1 aliphatic carbocycles. The predicted octanol–water partition coefficient (Wildman–Crippen LogP) is 3.49. The van der Waals surface area contributed by atoms with Crippen LogP contribution in [-0.4, -0.2) is 23.3 Å².